The molecule has 0 heterocycles. The molecule has 0 amide bonds. The molecule has 0 radical (unpaired) electrons. The highest BCUT2D eigenvalue weighted by atomic mass is 35.8. The first kappa shape index (κ1) is 24.0. The van der Waals surface area contributed by atoms with Gasteiger partial charge in [-0.2, -0.15) is 0 Å². The first-order chi connectivity index (χ1) is 10.7. The van der Waals surface area contributed by atoms with E-state index in [0.717, 1.165) is 12.5 Å². The number of halogens is 3. The second-order valence-corrected chi connectivity index (χ2v) is 20.3. The van der Waals surface area contributed by atoms with E-state index in [1.165, 1.54) is 49.8 Å². The van der Waals surface area contributed by atoms with Crippen molar-refractivity contribution in [1.82, 2.24) is 4.23 Å². The van der Waals surface area contributed by atoms with Crippen LogP contribution in [0.1, 0.15) is 66.2 Å². The maximum Gasteiger partial charge on any atom is 0.341 e. The lowest BCUT2D eigenvalue weighted by atomic mass is 10.1. The van der Waals surface area contributed by atoms with Crippen molar-refractivity contribution in [2.75, 3.05) is 6.54 Å². The van der Waals surface area contributed by atoms with E-state index in [1.807, 2.05) is 0 Å². The Morgan fingerprint density at radius 1 is 0.783 bits per heavy atom. The monoisotopic (exact) mass is 429 g/mol. The van der Waals surface area contributed by atoms with Crippen LogP contribution in [0.2, 0.25) is 6.04 Å². The minimum absolute atomic E-state index is 0.179. The minimum atomic E-state index is -2.38. The molecular formula is C16H34Cl3NSi3. The third kappa shape index (κ3) is 19.1. The van der Waals surface area contributed by atoms with Crippen LogP contribution in [0.3, 0.4) is 0 Å². The van der Waals surface area contributed by atoms with Gasteiger partial charge in [0, 0.05) is 0 Å². The summed E-state index contributed by atoms with van der Waals surface area (Å²) in [6.07, 6.45) is 7.58. The number of rotatable bonds is 13. The largest absolute Gasteiger partial charge is 0.349 e. The van der Waals surface area contributed by atoms with Gasteiger partial charge in [-0.1, -0.05) is 54.6 Å². The Labute approximate surface area is 163 Å². The van der Waals surface area contributed by atoms with Gasteiger partial charge in [0.2, 0.25) is 0 Å². The van der Waals surface area contributed by atoms with E-state index >= 15 is 0 Å². The van der Waals surface area contributed by atoms with E-state index in [9.17, 15) is 0 Å². The van der Waals surface area contributed by atoms with Crippen LogP contribution in [0.15, 0.2) is 22.5 Å². The van der Waals surface area contributed by atoms with Gasteiger partial charge < -0.3 is 4.23 Å². The topological polar surface area (TPSA) is 3.24 Å². The van der Waals surface area contributed by atoms with Crippen LogP contribution in [0.4, 0.5) is 0 Å². The molecule has 0 saturated carbocycles. The molecule has 0 aromatic carbocycles. The second kappa shape index (κ2) is 14.2. The SMILES string of the molecule is CC(C)=C[SiH2]N(CCCCCCCC[Si](Cl)(Cl)Cl)[SiH2]C=C(C)C. The van der Waals surface area contributed by atoms with Crippen LogP contribution < -0.4 is 0 Å². The number of hydrogen-bond donors (Lipinski definition) is 0. The van der Waals surface area contributed by atoms with Gasteiger partial charge in [-0.25, -0.2) is 0 Å². The Hall–Kier alpha value is 0.961. The standard InChI is InChI=1S/C16H34Cl3NSi3/c1-15(2)13-21-20(22-14-16(3)4)11-9-7-5-6-8-10-12-23(17,18)19/h13-14H,5-12,21-22H2,1-4H3. The number of nitrogens with zero attached hydrogens (tertiary/aromatic N) is 1. The minimum Gasteiger partial charge on any atom is -0.349 e. The Bertz CT molecular complexity index is 340. The average molecular weight is 431 g/mol. The van der Waals surface area contributed by atoms with Gasteiger partial charge in [0.25, 0.3) is 0 Å². The summed E-state index contributed by atoms with van der Waals surface area (Å²) in [5.74, 6) is 0. The summed E-state index contributed by atoms with van der Waals surface area (Å²) < 4.78 is 2.80. The van der Waals surface area contributed by atoms with Crippen LogP contribution in [-0.4, -0.2) is 36.1 Å². The van der Waals surface area contributed by atoms with Crippen LogP contribution in [0.25, 0.3) is 0 Å². The molecule has 0 aliphatic carbocycles. The summed E-state index contributed by atoms with van der Waals surface area (Å²) in [6.45, 7) is 10.2. The van der Waals surface area contributed by atoms with Crippen molar-refractivity contribution in [2.24, 2.45) is 0 Å². The Morgan fingerprint density at radius 3 is 1.65 bits per heavy atom. The summed E-state index contributed by atoms with van der Waals surface area (Å²) in [5.41, 5.74) is 7.94. The molecule has 1 nitrogen and oxygen atoms in total. The maximum absolute atomic E-state index is 5.90. The summed E-state index contributed by atoms with van der Waals surface area (Å²) in [7, 11) is -0.359. The molecule has 0 spiro atoms. The summed E-state index contributed by atoms with van der Waals surface area (Å²) >= 11 is 17.7. The smallest absolute Gasteiger partial charge is 0.341 e. The Balaban J connectivity index is 3.81. The van der Waals surface area contributed by atoms with E-state index in [0.29, 0.717) is 0 Å². The Morgan fingerprint density at radius 2 is 1.22 bits per heavy atom. The first-order valence-electron chi connectivity index (χ1n) is 8.76. The lowest BCUT2D eigenvalue weighted by Gasteiger charge is -2.19. The maximum atomic E-state index is 5.90. The van der Waals surface area contributed by atoms with E-state index in [2.05, 4.69) is 43.3 Å². The molecule has 0 rings (SSSR count). The summed E-state index contributed by atoms with van der Waals surface area (Å²) in [6, 6.07) is -1.56. The Kier molecular flexibility index (Phi) is 14.8. The zero-order valence-corrected chi connectivity index (χ0v) is 21.4. The van der Waals surface area contributed by atoms with Gasteiger partial charge in [-0.05, 0) is 46.7 Å². The van der Waals surface area contributed by atoms with Crippen LogP contribution in [0, 0.1) is 0 Å². The fourth-order valence-corrected chi connectivity index (χ4v) is 7.53. The summed E-state index contributed by atoms with van der Waals surface area (Å²) in [5, 5.41) is 0. The zero-order valence-electron chi connectivity index (χ0n) is 15.3. The predicted molar refractivity (Wildman–Crippen MR) is 118 cm³/mol. The quantitative estimate of drug-likeness (QED) is 0.218. The molecule has 0 unspecified atom stereocenters. The molecule has 23 heavy (non-hydrogen) atoms. The molecule has 0 aliphatic rings. The first-order valence-corrected chi connectivity index (χ1v) is 16.9. The predicted octanol–water partition coefficient (Wildman–Crippen LogP) is 5.30. The second-order valence-electron chi connectivity index (χ2n) is 6.81. The van der Waals surface area contributed by atoms with E-state index in [4.69, 9.17) is 33.2 Å². The lowest BCUT2D eigenvalue weighted by molar-refractivity contribution is 0.558. The van der Waals surface area contributed by atoms with Crippen LogP contribution in [-0.2, 0) is 0 Å². The van der Waals surface area contributed by atoms with Crippen molar-refractivity contribution in [1.29, 1.82) is 0 Å². The van der Waals surface area contributed by atoms with Gasteiger partial charge >= 0.3 is 6.00 Å². The van der Waals surface area contributed by atoms with Crippen LogP contribution in [0.5, 0.6) is 0 Å². The number of unbranched alkanes of at least 4 members (excludes halogenated alkanes) is 5. The van der Waals surface area contributed by atoms with Gasteiger partial charge in [-0.3, -0.25) is 0 Å². The van der Waals surface area contributed by atoms with Crippen molar-refractivity contribution < 1.29 is 0 Å². The van der Waals surface area contributed by atoms with Gasteiger partial charge in [-0.15, -0.1) is 33.2 Å². The molecule has 0 aliphatic heterocycles. The molecule has 0 fully saturated rings. The lowest BCUT2D eigenvalue weighted by Crippen LogP contribution is -2.31. The highest BCUT2D eigenvalue weighted by Gasteiger charge is 2.23. The molecule has 0 saturated heterocycles. The average Bonchev–Trinajstić information content (AvgIpc) is 2.42. The fourth-order valence-electron chi connectivity index (χ4n) is 2.25. The summed E-state index contributed by atoms with van der Waals surface area (Å²) in [4.78, 5) is 0. The molecule has 0 aromatic rings. The van der Waals surface area contributed by atoms with Gasteiger partial charge in [0.05, 0.1) is 0 Å². The van der Waals surface area contributed by atoms with Gasteiger partial charge in [0.1, 0.15) is 19.4 Å². The van der Waals surface area contributed by atoms with Crippen molar-refractivity contribution in [3.8, 4) is 0 Å². The molecule has 136 valence electrons. The van der Waals surface area contributed by atoms with Crippen molar-refractivity contribution in [3.63, 3.8) is 0 Å². The highest BCUT2D eigenvalue weighted by molar-refractivity contribution is 7.64. The van der Waals surface area contributed by atoms with E-state index in [-0.39, 0.29) is 19.4 Å². The van der Waals surface area contributed by atoms with E-state index in [1.54, 1.807) is 0 Å². The third-order valence-corrected chi connectivity index (χ3v) is 11.5. The van der Waals surface area contributed by atoms with Crippen molar-refractivity contribution >= 4 is 58.6 Å². The molecule has 7 heteroatoms. The van der Waals surface area contributed by atoms with Gasteiger partial charge in [0.15, 0.2) is 0 Å². The van der Waals surface area contributed by atoms with Crippen molar-refractivity contribution in [3.05, 3.63) is 22.5 Å². The third-order valence-electron chi connectivity index (χ3n) is 3.70. The van der Waals surface area contributed by atoms with Crippen LogP contribution >= 0.6 is 33.2 Å². The fraction of sp³-hybridized carbons (Fsp3) is 0.750. The number of hydrogen-bond acceptors (Lipinski definition) is 1. The molecular weight excluding hydrogens is 397 g/mol. The molecule has 0 atom stereocenters. The zero-order chi connectivity index (χ0) is 17.7. The molecule has 0 aromatic heterocycles. The molecule has 0 bridgehead atoms. The highest BCUT2D eigenvalue weighted by Crippen LogP contribution is 2.27. The molecule has 0 N–H and O–H groups in total. The normalized spacial score (nSPS) is 12.7. The van der Waals surface area contributed by atoms with Crippen molar-refractivity contribution in [2.45, 2.75) is 72.3 Å². The number of allylic oxidation sites excluding steroid dienone is 2. The van der Waals surface area contributed by atoms with E-state index < -0.39 is 6.00 Å².